The fourth-order valence-corrected chi connectivity index (χ4v) is 6.87. The highest BCUT2D eigenvalue weighted by atomic mass is 16.2. The van der Waals surface area contributed by atoms with Gasteiger partial charge in [0, 0.05) is 36.1 Å². The number of carbonyl (C=O) groups excluding carboxylic acids is 2. The molecule has 0 atom stereocenters. The average molecular weight is 488 g/mol. The van der Waals surface area contributed by atoms with Crippen LogP contribution in [0.15, 0.2) is 18.3 Å². The number of fused-ring (bicyclic) bond motifs is 6. The summed E-state index contributed by atoms with van der Waals surface area (Å²) in [6.07, 6.45) is 11.5. The quantitative estimate of drug-likeness (QED) is 0.528. The SMILES string of the molecule is CCC1(CC)CCC(=O)N(CC(=O)N2CCCCC2)c2cc3c4c([nH]c3cc21)-c1[nH]ncc1CCC4. The van der Waals surface area contributed by atoms with Gasteiger partial charge in [0.15, 0.2) is 0 Å². The van der Waals surface area contributed by atoms with E-state index in [1.54, 1.807) is 0 Å². The van der Waals surface area contributed by atoms with Crippen molar-refractivity contribution in [2.75, 3.05) is 24.5 Å². The Morgan fingerprint density at radius 3 is 2.61 bits per heavy atom. The van der Waals surface area contributed by atoms with Crippen LogP contribution in [-0.4, -0.2) is 51.5 Å². The third-order valence-corrected chi connectivity index (χ3v) is 9.20. The zero-order chi connectivity index (χ0) is 24.9. The Hall–Kier alpha value is -3.09. The van der Waals surface area contributed by atoms with Crippen molar-refractivity contribution in [2.24, 2.45) is 0 Å². The van der Waals surface area contributed by atoms with E-state index in [1.165, 1.54) is 23.1 Å². The molecule has 2 aromatic heterocycles. The number of aromatic amines is 2. The van der Waals surface area contributed by atoms with Crippen LogP contribution in [0.2, 0.25) is 0 Å². The summed E-state index contributed by atoms with van der Waals surface area (Å²) in [5.74, 6) is 0.145. The lowest BCUT2D eigenvalue weighted by Gasteiger charge is -2.34. The van der Waals surface area contributed by atoms with E-state index in [0.29, 0.717) is 6.42 Å². The Kier molecular flexibility index (Phi) is 5.89. The first-order valence-electron chi connectivity index (χ1n) is 13.8. The van der Waals surface area contributed by atoms with E-state index < -0.39 is 0 Å². The summed E-state index contributed by atoms with van der Waals surface area (Å²) in [5.41, 5.74) is 7.92. The number of piperidine rings is 1. The molecular formula is C29H37N5O2. The van der Waals surface area contributed by atoms with Gasteiger partial charge < -0.3 is 14.8 Å². The fraction of sp³-hybridized carbons (Fsp3) is 0.552. The van der Waals surface area contributed by atoms with E-state index >= 15 is 0 Å². The van der Waals surface area contributed by atoms with Crippen molar-refractivity contribution in [3.05, 3.63) is 35.0 Å². The van der Waals surface area contributed by atoms with Crippen LogP contribution in [0.1, 0.15) is 81.9 Å². The zero-order valence-corrected chi connectivity index (χ0v) is 21.6. The van der Waals surface area contributed by atoms with Crippen LogP contribution >= 0.6 is 0 Å². The Morgan fingerprint density at radius 2 is 1.83 bits per heavy atom. The molecule has 1 fully saturated rings. The standard InChI is InChI=1S/C29H37N5O2/c1-3-29(4-2)12-11-25(35)34(18-26(36)33-13-6-5-7-14-33)24-15-21-20-10-8-9-19-17-30-32-27(19)28(20)31-23(21)16-22(24)29/h15-17,31H,3-14,18H2,1-2H3,(H,30,32). The van der Waals surface area contributed by atoms with Crippen LogP contribution in [0.25, 0.3) is 22.3 Å². The number of benzene rings is 1. The van der Waals surface area contributed by atoms with Gasteiger partial charge in [-0.05, 0) is 92.0 Å². The van der Waals surface area contributed by atoms with E-state index in [-0.39, 0.29) is 23.8 Å². The number of hydrogen-bond donors (Lipinski definition) is 2. The fourth-order valence-electron chi connectivity index (χ4n) is 6.87. The molecule has 2 N–H and O–H groups in total. The van der Waals surface area contributed by atoms with Gasteiger partial charge in [0.2, 0.25) is 11.8 Å². The maximum Gasteiger partial charge on any atom is 0.242 e. The Morgan fingerprint density at radius 1 is 1.03 bits per heavy atom. The highest BCUT2D eigenvalue weighted by Gasteiger charge is 2.39. The molecule has 1 saturated heterocycles. The molecule has 4 heterocycles. The van der Waals surface area contributed by atoms with Crippen LogP contribution in [0, 0.1) is 0 Å². The van der Waals surface area contributed by atoms with Crippen LogP contribution in [0.5, 0.6) is 0 Å². The van der Waals surface area contributed by atoms with Gasteiger partial charge in [0.05, 0.1) is 17.6 Å². The molecule has 7 nitrogen and oxygen atoms in total. The van der Waals surface area contributed by atoms with Gasteiger partial charge in [0.25, 0.3) is 0 Å². The molecule has 3 aliphatic rings. The van der Waals surface area contributed by atoms with E-state index in [1.807, 2.05) is 16.0 Å². The van der Waals surface area contributed by atoms with Crippen LogP contribution < -0.4 is 4.90 Å². The lowest BCUT2D eigenvalue weighted by molar-refractivity contribution is -0.132. The molecule has 2 aliphatic heterocycles. The number of amides is 2. The molecule has 0 bridgehead atoms. The topological polar surface area (TPSA) is 85.1 Å². The number of anilines is 1. The molecule has 6 rings (SSSR count). The highest BCUT2D eigenvalue weighted by Crippen LogP contribution is 2.47. The Balaban J connectivity index is 1.51. The first-order chi connectivity index (χ1) is 17.5. The van der Waals surface area contributed by atoms with Gasteiger partial charge in [-0.2, -0.15) is 5.10 Å². The van der Waals surface area contributed by atoms with Crippen LogP contribution in [0.3, 0.4) is 0 Å². The second-order valence-corrected chi connectivity index (χ2v) is 10.9. The van der Waals surface area contributed by atoms with Gasteiger partial charge in [-0.3, -0.25) is 14.7 Å². The molecule has 0 spiro atoms. The maximum absolute atomic E-state index is 13.6. The minimum absolute atomic E-state index is 0.0715. The van der Waals surface area contributed by atoms with E-state index in [0.717, 1.165) is 92.4 Å². The summed E-state index contributed by atoms with van der Waals surface area (Å²) in [6.45, 7) is 6.21. The third-order valence-electron chi connectivity index (χ3n) is 9.20. The molecule has 0 radical (unpaired) electrons. The number of nitrogens with one attached hydrogen (secondary N) is 2. The number of nitrogens with zero attached hydrogens (tertiary/aromatic N) is 3. The van der Waals surface area contributed by atoms with Crippen molar-refractivity contribution in [3.8, 4) is 11.4 Å². The van der Waals surface area contributed by atoms with E-state index in [2.05, 4.69) is 41.2 Å². The molecule has 1 aromatic carbocycles. The molecule has 190 valence electrons. The van der Waals surface area contributed by atoms with Crippen molar-refractivity contribution in [3.63, 3.8) is 0 Å². The van der Waals surface area contributed by atoms with Gasteiger partial charge >= 0.3 is 0 Å². The minimum Gasteiger partial charge on any atom is -0.353 e. The summed E-state index contributed by atoms with van der Waals surface area (Å²) >= 11 is 0. The van der Waals surface area contributed by atoms with Crippen molar-refractivity contribution in [1.29, 1.82) is 0 Å². The average Bonchev–Trinajstić information content (AvgIpc) is 3.45. The molecular weight excluding hydrogens is 450 g/mol. The third kappa shape index (κ3) is 3.66. The molecule has 3 aromatic rings. The smallest absolute Gasteiger partial charge is 0.242 e. The van der Waals surface area contributed by atoms with Gasteiger partial charge in [-0.25, -0.2) is 0 Å². The van der Waals surface area contributed by atoms with Gasteiger partial charge in [0.1, 0.15) is 6.54 Å². The monoisotopic (exact) mass is 487 g/mol. The van der Waals surface area contributed by atoms with Gasteiger partial charge in [-0.15, -0.1) is 0 Å². The highest BCUT2D eigenvalue weighted by molar-refractivity contribution is 6.03. The van der Waals surface area contributed by atoms with Crippen molar-refractivity contribution < 1.29 is 9.59 Å². The lowest BCUT2D eigenvalue weighted by atomic mass is 9.72. The maximum atomic E-state index is 13.6. The summed E-state index contributed by atoms with van der Waals surface area (Å²) in [5, 5.41) is 8.69. The molecule has 1 aliphatic carbocycles. The predicted octanol–water partition coefficient (Wildman–Crippen LogP) is 5.24. The number of likely N-dealkylation sites (tertiary alicyclic amines) is 1. The summed E-state index contributed by atoms with van der Waals surface area (Å²) in [6, 6.07) is 4.51. The Labute approximate surface area is 212 Å². The summed E-state index contributed by atoms with van der Waals surface area (Å²) < 4.78 is 0. The Bertz CT molecular complexity index is 1310. The van der Waals surface area contributed by atoms with Gasteiger partial charge in [-0.1, -0.05) is 13.8 Å². The molecule has 2 amide bonds. The molecule has 7 heteroatoms. The van der Waals surface area contributed by atoms with E-state index in [9.17, 15) is 9.59 Å². The minimum atomic E-state index is -0.0796. The number of aromatic nitrogens is 3. The van der Waals surface area contributed by atoms with E-state index in [4.69, 9.17) is 0 Å². The normalized spacial score (nSPS) is 19.4. The molecule has 0 unspecified atom stereocenters. The lowest BCUT2D eigenvalue weighted by Crippen LogP contribution is -2.44. The second kappa shape index (κ2) is 9.09. The van der Waals surface area contributed by atoms with Crippen LogP contribution in [0.4, 0.5) is 5.69 Å². The summed E-state index contributed by atoms with van der Waals surface area (Å²) in [4.78, 5) is 34.4. The number of hydrogen-bond acceptors (Lipinski definition) is 3. The molecule has 0 saturated carbocycles. The summed E-state index contributed by atoms with van der Waals surface area (Å²) in [7, 11) is 0. The van der Waals surface area contributed by atoms with Crippen LogP contribution in [-0.2, 0) is 27.8 Å². The largest absolute Gasteiger partial charge is 0.353 e. The number of rotatable bonds is 4. The van der Waals surface area contributed by atoms with Crippen molar-refractivity contribution in [2.45, 2.75) is 83.5 Å². The second-order valence-electron chi connectivity index (χ2n) is 10.9. The zero-order valence-electron chi connectivity index (χ0n) is 21.6. The first-order valence-corrected chi connectivity index (χ1v) is 13.8. The predicted molar refractivity (Wildman–Crippen MR) is 142 cm³/mol. The molecule has 36 heavy (non-hydrogen) atoms. The van der Waals surface area contributed by atoms with Crippen molar-refractivity contribution in [1.82, 2.24) is 20.1 Å². The van der Waals surface area contributed by atoms with Crippen molar-refractivity contribution >= 4 is 28.4 Å². The first kappa shape index (κ1) is 23.3. The number of aryl methyl sites for hydroxylation is 2. The number of H-pyrrole nitrogens is 2. The number of carbonyl (C=O) groups is 2.